The number of alkyl halides is 2. The first-order chi connectivity index (χ1) is 7.00. The van der Waals surface area contributed by atoms with Crippen LogP contribution >= 0.6 is 0 Å². The molecule has 0 amide bonds. The molecule has 0 bridgehead atoms. The van der Waals surface area contributed by atoms with Gasteiger partial charge in [-0.2, -0.15) is 0 Å². The highest BCUT2D eigenvalue weighted by Gasteiger charge is 2.39. The van der Waals surface area contributed by atoms with Crippen molar-refractivity contribution in [3.63, 3.8) is 0 Å². The van der Waals surface area contributed by atoms with Crippen molar-refractivity contribution in [3.8, 4) is 0 Å². The Morgan fingerprint density at radius 3 is 2.33 bits per heavy atom. The molecule has 1 fully saturated rings. The summed E-state index contributed by atoms with van der Waals surface area (Å²) < 4.78 is 24.2. The maximum Gasteiger partial charge on any atom is 0.309 e. The topological polar surface area (TPSA) is 40.5 Å². The van der Waals surface area contributed by atoms with Crippen LogP contribution in [-0.2, 0) is 4.79 Å². The molecular weight excluding hydrogens is 204 g/mol. The minimum atomic E-state index is -2.33. The molecule has 0 unspecified atom stereocenters. The zero-order valence-corrected chi connectivity index (χ0v) is 8.88. The molecule has 0 aliphatic carbocycles. The lowest BCUT2D eigenvalue weighted by Crippen LogP contribution is -2.45. The molecule has 15 heavy (non-hydrogen) atoms. The maximum atomic E-state index is 12.1. The normalized spacial score (nSPS) is 21.9. The quantitative estimate of drug-likeness (QED) is 0.787. The molecule has 1 N–H and O–H groups in total. The summed E-state index contributed by atoms with van der Waals surface area (Å²) in [6.45, 7) is 2.53. The van der Waals surface area contributed by atoms with Crippen molar-refractivity contribution in [1.29, 1.82) is 0 Å². The van der Waals surface area contributed by atoms with Crippen LogP contribution in [0.25, 0.3) is 0 Å². The Morgan fingerprint density at radius 2 is 2.00 bits per heavy atom. The summed E-state index contributed by atoms with van der Waals surface area (Å²) in [5.74, 6) is -0.790. The van der Waals surface area contributed by atoms with Crippen LogP contribution in [-0.4, -0.2) is 42.0 Å². The molecule has 1 heterocycles. The highest BCUT2D eigenvalue weighted by atomic mass is 19.3. The molecule has 0 spiro atoms. The first-order valence-corrected chi connectivity index (χ1v) is 5.24. The molecule has 88 valence electrons. The van der Waals surface area contributed by atoms with E-state index in [4.69, 9.17) is 5.11 Å². The van der Waals surface area contributed by atoms with Gasteiger partial charge in [0, 0.05) is 0 Å². The van der Waals surface area contributed by atoms with E-state index in [1.54, 1.807) is 4.90 Å². The summed E-state index contributed by atoms with van der Waals surface area (Å²) in [6.07, 6.45) is -0.800. The largest absolute Gasteiger partial charge is 0.481 e. The minimum Gasteiger partial charge on any atom is -0.481 e. The number of aliphatic carboxylic acids is 1. The summed E-state index contributed by atoms with van der Waals surface area (Å²) >= 11 is 0. The van der Waals surface area contributed by atoms with Gasteiger partial charge in [-0.3, -0.25) is 9.69 Å². The molecule has 0 atom stereocenters. The molecule has 1 rings (SSSR count). The fourth-order valence-corrected chi connectivity index (χ4v) is 2.08. The van der Waals surface area contributed by atoms with Gasteiger partial charge in [0.15, 0.2) is 0 Å². The van der Waals surface area contributed by atoms with Crippen LogP contribution < -0.4 is 0 Å². The van der Waals surface area contributed by atoms with Gasteiger partial charge in [-0.05, 0) is 32.4 Å². The summed E-state index contributed by atoms with van der Waals surface area (Å²) in [7, 11) is 0. The number of hydrogen-bond donors (Lipinski definition) is 1. The Balaban J connectivity index is 2.50. The highest BCUT2D eigenvalue weighted by molar-refractivity contribution is 5.74. The van der Waals surface area contributed by atoms with Crippen molar-refractivity contribution in [2.75, 3.05) is 19.6 Å². The molecule has 1 saturated heterocycles. The predicted octanol–water partition coefficient (Wildman–Crippen LogP) is 1.83. The van der Waals surface area contributed by atoms with Gasteiger partial charge in [-0.1, -0.05) is 6.92 Å². The van der Waals surface area contributed by atoms with Gasteiger partial charge in [-0.15, -0.1) is 0 Å². The Morgan fingerprint density at radius 1 is 1.47 bits per heavy atom. The molecule has 0 radical (unpaired) electrons. The maximum absolute atomic E-state index is 12.1. The zero-order valence-electron chi connectivity index (χ0n) is 8.88. The summed E-state index contributed by atoms with van der Waals surface area (Å²) in [5.41, 5.74) is -0.682. The average molecular weight is 221 g/mol. The first-order valence-electron chi connectivity index (χ1n) is 5.24. The van der Waals surface area contributed by atoms with Crippen molar-refractivity contribution >= 4 is 5.97 Å². The molecular formula is C10H17F2NO2. The summed E-state index contributed by atoms with van der Waals surface area (Å²) in [6, 6.07) is 0. The third kappa shape index (κ3) is 2.87. The van der Waals surface area contributed by atoms with Crippen molar-refractivity contribution in [3.05, 3.63) is 0 Å². The van der Waals surface area contributed by atoms with Gasteiger partial charge in [0.1, 0.15) is 0 Å². The fraction of sp³-hybridized carbons (Fsp3) is 0.900. The molecule has 3 nitrogen and oxygen atoms in total. The molecule has 1 aliphatic rings. The second kappa shape index (κ2) is 4.88. The fourth-order valence-electron chi connectivity index (χ4n) is 2.08. The van der Waals surface area contributed by atoms with Crippen LogP contribution in [0.2, 0.25) is 0 Å². The second-order valence-electron chi connectivity index (χ2n) is 4.13. The summed E-state index contributed by atoms with van der Waals surface area (Å²) in [5, 5.41) is 9.09. The number of carbonyl (C=O) groups is 1. The Hall–Kier alpha value is -0.710. The molecule has 0 aromatic carbocycles. The van der Waals surface area contributed by atoms with Gasteiger partial charge in [0.2, 0.25) is 0 Å². The number of halogens is 2. The number of carboxylic acids is 1. The van der Waals surface area contributed by atoms with Gasteiger partial charge in [-0.25, -0.2) is 8.78 Å². The highest BCUT2D eigenvalue weighted by Crippen LogP contribution is 2.35. The predicted molar refractivity (Wildman–Crippen MR) is 52.0 cm³/mol. The smallest absolute Gasteiger partial charge is 0.309 e. The molecule has 1 aliphatic heterocycles. The summed E-state index contributed by atoms with van der Waals surface area (Å²) in [4.78, 5) is 12.7. The van der Waals surface area contributed by atoms with E-state index < -0.39 is 17.8 Å². The van der Waals surface area contributed by atoms with E-state index in [0.29, 0.717) is 32.4 Å². The van der Waals surface area contributed by atoms with Crippen molar-refractivity contribution in [1.82, 2.24) is 4.90 Å². The van der Waals surface area contributed by atoms with E-state index in [9.17, 15) is 13.6 Å². The third-order valence-corrected chi connectivity index (χ3v) is 3.34. The third-order valence-electron chi connectivity index (χ3n) is 3.34. The van der Waals surface area contributed by atoms with Crippen LogP contribution in [0.15, 0.2) is 0 Å². The van der Waals surface area contributed by atoms with Crippen LogP contribution in [0.3, 0.4) is 0 Å². The second-order valence-corrected chi connectivity index (χ2v) is 4.13. The van der Waals surface area contributed by atoms with Crippen LogP contribution in [0.4, 0.5) is 8.78 Å². The van der Waals surface area contributed by atoms with Crippen LogP contribution in [0.1, 0.15) is 26.2 Å². The Bertz CT molecular complexity index is 225. The number of piperidine rings is 1. The molecule has 0 aromatic heterocycles. The Labute approximate surface area is 88.1 Å². The van der Waals surface area contributed by atoms with Crippen molar-refractivity contribution < 1.29 is 18.7 Å². The van der Waals surface area contributed by atoms with E-state index in [1.165, 1.54) is 0 Å². The number of carboxylic acid groups (broad SMARTS) is 1. The molecule has 5 heteroatoms. The standard InChI is InChI=1S/C10H17F2NO2/c1-2-10(9(14)15)3-5-13(6-4-10)7-8(11)12/h8H,2-7H2,1H3,(H,14,15). The minimum absolute atomic E-state index is 0.237. The number of nitrogens with zero attached hydrogens (tertiary/aromatic N) is 1. The Kier molecular flexibility index (Phi) is 4.02. The van der Waals surface area contributed by atoms with Crippen LogP contribution in [0, 0.1) is 5.41 Å². The molecule has 0 saturated carbocycles. The number of likely N-dealkylation sites (tertiary alicyclic amines) is 1. The van der Waals surface area contributed by atoms with Gasteiger partial charge in [0.25, 0.3) is 6.43 Å². The first kappa shape index (κ1) is 12.4. The SMILES string of the molecule is CCC1(C(=O)O)CCN(CC(F)F)CC1. The van der Waals surface area contributed by atoms with E-state index in [0.717, 1.165) is 0 Å². The lowest BCUT2D eigenvalue weighted by molar-refractivity contribution is -0.152. The van der Waals surface area contributed by atoms with Gasteiger partial charge in [0.05, 0.1) is 12.0 Å². The van der Waals surface area contributed by atoms with Gasteiger partial charge < -0.3 is 5.11 Å². The average Bonchev–Trinajstić information content (AvgIpc) is 2.18. The number of hydrogen-bond acceptors (Lipinski definition) is 2. The van der Waals surface area contributed by atoms with Crippen molar-refractivity contribution in [2.24, 2.45) is 5.41 Å². The van der Waals surface area contributed by atoms with Crippen LogP contribution in [0.5, 0.6) is 0 Å². The molecule has 0 aromatic rings. The van der Waals surface area contributed by atoms with E-state index in [-0.39, 0.29) is 6.54 Å². The lowest BCUT2D eigenvalue weighted by Gasteiger charge is -2.38. The zero-order chi connectivity index (χ0) is 11.5. The number of rotatable bonds is 4. The van der Waals surface area contributed by atoms with Gasteiger partial charge >= 0.3 is 5.97 Å². The van der Waals surface area contributed by atoms with E-state index in [1.807, 2.05) is 6.92 Å². The lowest BCUT2D eigenvalue weighted by atomic mass is 9.76. The van der Waals surface area contributed by atoms with Crippen molar-refractivity contribution in [2.45, 2.75) is 32.6 Å². The van der Waals surface area contributed by atoms with E-state index >= 15 is 0 Å². The van der Waals surface area contributed by atoms with E-state index in [2.05, 4.69) is 0 Å². The monoisotopic (exact) mass is 221 g/mol.